The lowest BCUT2D eigenvalue weighted by Crippen LogP contribution is -2.10. The molecular weight excluding hydrogens is 239 g/mol. The zero-order chi connectivity index (χ0) is 7.56. The molecule has 2 nitrogen and oxygen atoms in total. The predicted molar refractivity (Wildman–Crippen MR) is 50.1 cm³/mol. The van der Waals surface area contributed by atoms with Gasteiger partial charge in [-0.2, -0.15) is 0 Å². The largest absolute Gasteiger partial charge is 0.363 e. The summed E-state index contributed by atoms with van der Waals surface area (Å²) in [5, 5.41) is 0. The number of nitrogens with zero attached hydrogens (tertiary/aromatic N) is 2. The highest BCUT2D eigenvalue weighted by atomic mass is 127. The number of halogens is 1. The van der Waals surface area contributed by atoms with Gasteiger partial charge in [-0.1, -0.05) is 0 Å². The van der Waals surface area contributed by atoms with E-state index in [0.717, 1.165) is 9.39 Å². The SMILES string of the molecule is CN(C)c1ccc(I)[c]n1. The minimum absolute atomic E-state index is 0.945. The summed E-state index contributed by atoms with van der Waals surface area (Å²) < 4.78 is 1.04. The number of hydrogen-bond acceptors (Lipinski definition) is 2. The number of pyridine rings is 1. The maximum Gasteiger partial charge on any atom is 0.128 e. The van der Waals surface area contributed by atoms with Crippen LogP contribution in [0, 0.1) is 9.77 Å². The van der Waals surface area contributed by atoms with Crippen LogP contribution in [-0.2, 0) is 0 Å². The second-order valence-electron chi connectivity index (χ2n) is 2.16. The third kappa shape index (κ3) is 1.83. The van der Waals surface area contributed by atoms with Gasteiger partial charge in [0, 0.05) is 17.7 Å². The van der Waals surface area contributed by atoms with Crippen LogP contribution in [0.3, 0.4) is 0 Å². The zero-order valence-corrected chi connectivity index (χ0v) is 8.08. The molecule has 0 aromatic carbocycles. The Kier molecular flexibility index (Phi) is 2.48. The van der Waals surface area contributed by atoms with Crippen molar-refractivity contribution >= 4 is 28.4 Å². The average Bonchev–Trinajstić information content (AvgIpc) is 1.88. The van der Waals surface area contributed by atoms with Gasteiger partial charge in [0.25, 0.3) is 0 Å². The monoisotopic (exact) mass is 247 g/mol. The van der Waals surface area contributed by atoms with Crippen LogP contribution in [0.4, 0.5) is 5.82 Å². The summed E-state index contributed by atoms with van der Waals surface area (Å²) in [7, 11) is 3.92. The van der Waals surface area contributed by atoms with Crippen LogP contribution < -0.4 is 4.90 Å². The first kappa shape index (κ1) is 7.78. The molecule has 0 fully saturated rings. The first-order chi connectivity index (χ1) is 4.70. The zero-order valence-electron chi connectivity index (χ0n) is 5.93. The van der Waals surface area contributed by atoms with E-state index in [2.05, 4.69) is 33.8 Å². The van der Waals surface area contributed by atoms with E-state index in [-0.39, 0.29) is 0 Å². The summed E-state index contributed by atoms with van der Waals surface area (Å²) in [6, 6.07) is 3.96. The topological polar surface area (TPSA) is 16.1 Å². The van der Waals surface area contributed by atoms with Gasteiger partial charge in [-0.15, -0.1) is 0 Å². The molecule has 0 aliphatic carbocycles. The van der Waals surface area contributed by atoms with E-state index in [1.165, 1.54) is 0 Å². The van der Waals surface area contributed by atoms with E-state index in [4.69, 9.17) is 0 Å². The van der Waals surface area contributed by atoms with Crippen molar-refractivity contribution in [2.24, 2.45) is 0 Å². The molecular formula is C7H8IN2. The van der Waals surface area contributed by atoms with Crippen molar-refractivity contribution in [1.82, 2.24) is 4.98 Å². The standard InChI is InChI=1S/C7H8IN2/c1-10(2)7-4-3-6(8)5-9-7/h3-4H,1-2H3. The highest BCUT2D eigenvalue weighted by Gasteiger charge is 1.94. The van der Waals surface area contributed by atoms with Crippen molar-refractivity contribution in [2.45, 2.75) is 0 Å². The van der Waals surface area contributed by atoms with Gasteiger partial charge in [-0.3, -0.25) is 0 Å². The van der Waals surface area contributed by atoms with E-state index in [9.17, 15) is 0 Å². The second kappa shape index (κ2) is 3.18. The van der Waals surface area contributed by atoms with Crippen molar-refractivity contribution in [3.8, 4) is 0 Å². The minimum atomic E-state index is 0.945. The third-order valence-corrected chi connectivity index (χ3v) is 1.71. The minimum Gasteiger partial charge on any atom is -0.363 e. The van der Waals surface area contributed by atoms with Gasteiger partial charge in [0.05, 0.1) is 0 Å². The molecule has 0 saturated heterocycles. The highest BCUT2D eigenvalue weighted by molar-refractivity contribution is 14.1. The van der Waals surface area contributed by atoms with E-state index < -0.39 is 0 Å². The van der Waals surface area contributed by atoms with Crippen LogP contribution in [0.15, 0.2) is 12.1 Å². The second-order valence-corrected chi connectivity index (χ2v) is 3.32. The van der Waals surface area contributed by atoms with Crippen molar-refractivity contribution in [3.63, 3.8) is 0 Å². The summed E-state index contributed by atoms with van der Waals surface area (Å²) in [5.74, 6) is 0.945. The maximum atomic E-state index is 4.07. The van der Waals surface area contributed by atoms with Crippen LogP contribution in [0.2, 0.25) is 0 Å². The van der Waals surface area contributed by atoms with Crippen molar-refractivity contribution in [3.05, 3.63) is 21.9 Å². The Labute approximate surface area is 74.4 Å². The molecule has 1 radical (unpaired) electrons. The van der Waals surface area contributed by atoms with E-state index in [0.29, 0.717) is 0 Å². The highest BCUT2D eigenvalue weighted by Crippen LogP contribution is 2.07. The smallest absolute Gasteiger partial charge is 0.128 e. The van der Waals surface area contributed by atoms with Crippen molar-refractivity contribution in [1.29, 1.82) is 0 Å². The van der Waals surface area contributed by atoms with Gasteiger partial charge in [0.2, 0.25) is 0 Å². The van der Waals surface area contributed by atoms with Crippen molar-refractivity contribution < 1.29 is 0 Å². The molecule has 0 N–H and O–H groups in total. The van der Waals surface area contributed by atoms with E-state index in [1.54, 1.807) is 0 Å². The quantitative estimate of drug-likeness (QED) is 0.700. The molecule has 0 amide bonds. The van der Waals surface area contributed by atoms with E-state index >= 15 is 0 Å². The molecule has 3 heteroatoms. The van der Waals surface area contributed by atoms with Crippen LogP contribution in [-0.4, -0.2) is 19.1 Å². The van der Waals surface area contributed by atoms with Gasteiger partial charge < -0.3 is 4.90 Å². The number of rotatable bonds is 1. The van der Waals surface area contributed by atoms with Gasteiger partial charge in [0.15, 0.2) is 0 Å². The van der Waals surface area contributed by atoms with E-state index in [1.807, 2.05) is 31.1 Å². The lowest BCUT2D eigenvalue weighted by molar-refractivity contribution is 1.06. The molecule has 0 unspecified atom stereocenters. The fourth-order valence-corrected chi connectivity index (χ4v) is 0.882. The summed E-state index contributed by atoms with van der Waals surface area (Å²) in [4.78, 5) is 6.02. The Morgan fingerprint density at radius 3 is 2.60 bits per heavy atom. The summed E-state index contributed by atoms with van der Waals surface area (Å²) in [5.41, 5.74) is 0. The Morgan fingerprint density at radius 2 is 2.20 bits per heavy atom. The summed E-state index contributed by atoms with van der Waals surface area (Å²) >= 11 is 2.18. The molecule has 0 aliphatic rings. The Morgan fingerprint density at radius 1 is 1.50 bits per heavy atom. The molecule has 1 rings (SSSR count). The molecule has 1 aromatic rings. The van der Waals surface area contributed by atoms with Crippen molar-refractivity contribution in [2.75, 3.05) is 19.0 Å². The molecule has 0 saturated carbocycles. The fourth-order valence-electron chi connectivity index (χ4n) is 0.582. The van der Waals surface area contributed by atoms with Crippen LogP contribution in [0.1, 0.15) is 0 Å². The van der Waals surface area contributed by atoms with Gasteiger partial charge in [0.1, 0.15) is 12.0 Å². The normalized spacial score (nSPS) is 9.50. The third-order valence-electron chi connectivity index (χ3n) is 1.11. The molecule has 1 heterocycles. The predicted octanol–water partition coefficient (Wildman–Crippen LogP) is 1.55. The molecule has 0 bridgehead atoms. The number of anilines is 1. The van der Waals surface area contributed by atoms with Gasteiger partial charge in [-0.25, -0.2) is 4.98 Å². The number of aromatic nitrogens is 1. The first-order valence-electron chi connectivity index (χ1n) is 2.91. The van der Waals surface area contributed by atoms with Gasteiger partial charge in [-0.05, 0) is 34.7 Å². The average molecular weight is 247 g/mol. The fraction of sp³-hybridized carbons (Fsp3) is 0.286. The number of hydrogen-bond donors (Lipinski definition) is 0. The lowest BCUT2D eigenvalue weighted by Gasteiger charge is -2.09. The molecule has 10 heavy (non-hydrogen) atoms. The molecule has 53 valence electrons. The maximum absolute atomic E-state index is 4.07. The molecule has 0 spiro atoms. The summed E-state index contributed by atoms with van der Waals surface area (Å²) in [6.07, 6.45) is 2.88. The van der Waals surface area contributed by atoms with Crippen LogP contribution in [0.25, 0.3) is 0 Å². The van der Waals surface area contributed by atoms with Crippen LogP contribution in [0.5, 0.6) is 0 Å². The molecule has 1 aromatic heterocycles. The summed E-state index contributed by atoms with van der Waals surface area (Å²) in [6.45, 7) is 0. The van der Waals surface area contributed by atoms with Crippen LogP contribution >= 0.6 is 22.6 Å². The molecule has 0 aliphatic heterocycles. The Hall–Kier alpha value is -0.320. The lowest BCUT2D eigenvalue weighted by atomic mass is 10.4. The first-order valence-corrected chi connectivity index (χ1v) is 3.99. The Balaban J connectivity index is 2.89. The van der Waals surface area contributed by atoms with Gasteiger partial charge >= 0.3 is 0 Å². The Bertz CT molecular complexity index is 205. The molecule has 0 atom stereocenters.